The molecule has 0 spiro atoms. The largest absolute Gasteiger partial charge is 0.494 e. The van der Waals surface area contributed by atoms with Crippen LogP contribution in [0, 0.1) is 11.3 Å². The lowest BCUT2D eigenvalue weighted by atomic mass is 9.96. The molecule has 1 aromatic carbocycles. The van der Waals surface area contributed by atoms with Crippen LogP contribution in [0.1, 0.15) is 31.5 Å². The fraction of sp³-hybridized carbons (Fsp3) is 0.318. The second kappa shape index (κ2) is 10.3. The number of hydrogen-bond donors (Lipinski definition) is 2. The summed E-state index contributed by atoms with van der Waals surface area (Å²) in [6, 6.07) is 9.50. The minimum atomic E-state index is -0.573. The summed E-state index contributed by atoms with van der Waals surface area (Å²) in [6.07, 6.45) is 7.76. The molecule has 0 saturated carbocycles. The molecule has 8 heteroatoms. The molecule has 3 rings (SSSR count). The molecule has 2 N–H and O–H groups in total. The molecular weight excluding hydrogens is 380 g/mol. The van der Waals surface area contributed by atoms with Crippen LogP contribution in [-0.4, -0.2) is 44.3 Å². The normalized spacial score (nSPS) is 11.7. The molecule has 156 valence electrons. The highest BCUT2D eigenvalue weighted by Gasteiger charge is 2.23. The van der Waals surface area contributed by atoms with Gasteiger partial charge in [-0.2, -0.15) is 0 Å². The van der Waals surface area contributed by atoms with Gasteiger partial charge >= 0.3 is 0 Å². The number of aromatic nitrogens is 4. The first-order valence-electron chi connectivity index (χ1n) is 10.0. The lowest BCUT2D eigenvalue weighted by molar-refractivity contribution is -0.123. The van der Waals surface area contributed by atoms with Gasteiger partial charge in [-0.25, -0.2) is 15.0 Å². The zero-order valence-electron chi connectivity index (χ0n) is 17.2. The van der Waals surface area contributed by atoms with Crippen molar-refractivity contribution in [2.75, 3.05) is 13.2 Å². The molecule has 3 aromatic rings. The highest BCUT2D eigenvalue weighted by atomic mass is 16.5. The van der Waals surface area contributed by atoms with Crippen LogP contribution in [0.4, 0.5) is 0 Å². The summed E-state index contributed by atoms with van der Waals surface area (Å²) in [5.74, 6) is 0.511. The molecule has 0 aliphatic carbocycles. The average molecular weight is 406 g/mol. The number of amides is 1. The van der Waals surface area contributed by atoms with E-state index in [4.69, 9.17) is 10.1 Å². The number of nitrogens with one attached hydrogen (secondary N) is 2. The minimum absolute atomic E-state index is 0.170. The molecule has 0 aliphatic heterocycles. The first-order chi connectivity index (χ1) is 14.6. The van der Waals surface area contributed by atoms with Gasteiger partial charge in [-0.05, 0) is 43.5 Å². The van der Waals surface area contributed by atoms with E-state index >= 15 is 0 Å². The number of carbonyl (C=O) groups is 1. The van der Waals surface area contributed by atoms with E-state index in [-0.39, 0.29) is 11.6 Å². The summed E-state index contributed by atoms with van der Waals surface area (Å²) in [4.78, 5) is 25.3. The van der Waals surface area contributed by atoms with Gasteiger partial charge in [-0.1, -0.05) is 19.1 Å². The van der Waals surface area contributed by atoms with Crippen molar-refractivity contribution < 1.29 is 9.53 Å². The van der Waals surface area contributed by atoms with Gasteiger partial charge in [0, 0.05) is 25.1 Å². The number of ether oxygens (including phenoxy) is 1. The predicted octanol–water partition coefficient (Wildman–Crippen LogP) is 2.81. The maximum Gasteiger partial charge on any atom is 0.235 e. The smallest absolute Gasteiger partial charge is 0.235 e. The van der Waals surface area contributed by atoms with Crippen molar-refractivity contribution in [3.05, 3.63) is 66.5 Å². The molecule has 1 amide bonds. The summed E-state index contributed by atoms with van der Waals surface area (Å²) < 4.78 is 7.10. The van der Waals surface area contributed by atoms with E-state index in [1.807, 2.05) is 38.1 Å². The first kappa shape index (κ1) is 21.2. The molecule has 8 nitrogen and oxygen atoms in total. The lowest BCUT2D eigenvalue weighted by Crippen LogP contribution is -2.36. The summed E-state index contributed by atoms with van der Waals surface area (Å²) in [7, 11) is 0. The van der Waals surface area contributed by atoms with E-state index in [1.54, 1.807) is 35.6 Å². The molecule has 0 radical (unpaired) electrons. The lowest BCUT2D eigenvalue weighted by Gasteiger charge is -2.16. The number of benzene rings is 1. The van der Waals surface area contributed by atoms with E-state index in [9.17, 15) is 4.79 Å². The summed E-state index contributed by atoms with van der Waals surface area (Å²) in [6.45, 7) is 4.98. The quantitative estimate of drug-likeness (QED) is 0.504. The predicted molar refractivity (Wildman–Crippen MR) is 114 cm³/mol. The highest BCUT2D eigenvalue weighted by molar-refractivity contribution is 6.10. The van der Waals surface area contributed by atoms with Gasteiger partial charge < -0.3 is 15.5 Å². The van der Waals surface area contributed by atoms with Crippen molar-refractivity contribution in [1.82, 2.24) is 24.8 Å². The van der Waals surface area contributed by atoms with Crippen LogP contribution in [0.2, 0.25) is 0 Å². The van der Waals surface area contributed by atoms with E-state index < -0.39 is 5.92 Å². The third-order valence-corrected chi connectivity index (χ3v) is 4.67. The Hall–Kier alpha value is -3.55. The van der Waals surface area contributed by atoms with Gasteiger partial charge in [0.2, 0.25) is 11.9 Å². The molecule has 2 heterocycles. The highest BCUT2D eigenvalue weighted by Crippen LogP contribution is 2.14. The molecule has 0 saturated heterocycles. The molecule has 30 heavy (non-hydrogen) atoms. The molecule has 2 aromatic heterocycles. The number of imidazole rings is 1. The van der Waals surface area contributed by atoms with Crippen LogP contribution in [-0.2, 0) is 11.2 Å². The molecule has 0 fully saturated rings. The molecule has 0 bridgehead atoms. The van der Waals surface area contributed by atoms with Crippen molar-refractivity contribution in [2.24, 2.45) is 5.92 Å². The van der Waals surface area contributed by atoms with Gasteiger partial charge in [-0.3, -0.25) is 9.36 Å². The number of hydrogen-bond acceptors (Lipinski definition) is 6. The van der Waals surface area contributed by atoms with Gasteiger partial charge in [0.05, 0.1) is 23.9 Å². The SMILES string of the molecule is CCOc1ccc(CCNC(=O)C(CC)C(=N)c2ccnc(-n3ccnc3)n2)cc1. The number of carbonyl (C=O) groups excluding carboxylic acids is 1. The fourth-order valence-corrected chi connectivity index (χ4v) is 3.07. The van der Waals surface area contributed by atoms with Crippen molar-refractivity contribution in [2.45, 2.75) is 26.7 Å². The average Bonchev–Trinajstić information content (AvgIpc) is 3.31. The number of nitrogens with zero attached hydrogens (tertiary/aromatic N) is 4. The molecular formula is C22H26N6O2. The van der Waals surface area contributed by atoms with Crippen molar-refractivity contribution >= 4 is 11.6 Å². The van der Waals surface area contributed by atoms with E-state index in [0.29, 0.717) is 37.6 Å². The van der Waals surface area contributed by atoms with Gasteiger partial charge in [-0.15, -0.1) is 0 Å². The first-order valence-corrected chi connectivity index (χ1v) is 10.0. The van der Waals surface area contributed by atoms with Crippen LogP contribution in [0.15, 0.2) is 55.2 Å². The van der Waals surface area contributed by atoms with Crippen LogP contribution in [0.25, 0.3) is 5.95 Å². The Balaban J connectivity index is 1.59. The van der Waals surface area contributed by atoms with Crippen LogP contribution in [0.3, 0.4) is 0 Å². The molecule has 1 unspecified atom stereocenters. The second-order valence-electron chi connectivity index (χ2n) is 6.70. The van der Waals surface area contributed by atoms with Crippen LogP contribution in [0.5, 0.6) is 5.75 Å². The Morgan fingerprint density at radius 2 is 2.00 bits per heavy atom. The third-order valence-electron chi connectivity index (χ3n) is 4.67. The Bertz CT molecular complexity index is 970. The van der Waals surface area contributed by atoms with Crippen molar-refractivity contribution in [3.8, 4) is 11.7 Å². The van der Waals surface area contributed by atoms with Gasteiger partial charge in [0.15, 0.2) is 0 Å². The molecule has 0 aliphatic rings. The van der Waals surface area contributed by atoms with E-state index in [0.717, 1.165) is 11.3 Å². The van der Waals surface area contributed by atoms with Crippen LogP contribution >= 0.6 is 0 Å². The minimum Gasteiger partial charge on any atom is -0.494 e. The van der Waals surface area contributed by atoms with Gasteiger partial charge in [0.1, 0.15) is 12.1 Å². The maximum atomic E-state index is 12.7. The zero-order valence-corrected chi connectivity index (χ0v) is 17.2. The van der Waals surface area contributed by atoms with E-state index in [1.165, 1.54) is 0 Å². The monoisotopic (exact) mass is 406 g/mol. The Morgan fingerprint density at radius 3 is 2.67 bits per heavy atom. The number of rotatable bonds is 10. The Labute approximate surface area is 175 Å². The Morgan fingerprint density at radius 1 is 1.20 bits per heavy atom. The van der Waals surface area contributed by atoms with Gasteiger partial charge in [0.25, 0.3) is 0 Å². The Kier molecular flexibility index (Phi) is 7.26. The third kappa shape index (κ3) is 5.28. The van der Waals surface area contributed by atoms with Crippen molar-refractivity contribution in [1.29, 1.82) is 5.41 Å². The summed E-state index contributed by atoms with van der Waals surface area (Å²) in [5.41, 5.74) is 1.73. The van der Waals surface area contributed by atoms with Crippen molar-refractivity contribution in [3.63, 3.8) is 0 Å². The standard InChI is InChI=1S/C22H26N6O2/c1-3-18(20(23)19-10-12-26-22(27-19)28-14-13-24-15-28)21(29)25-11-9-16-5-7-17(8-6-16)30-4-2/h5-8,10,12-15,18,23H,3-4,9,11H2,1-2H3,(H,25,29). The van der Waals surface area contributed by atoms with Crippen LogP contribution < -0.4 is 10.1 Å². The fourth-order valence-electron chi connectivity index (χ4n) is 3.07. The molecule has 1 atom stereocenters. The summed E-state index contributed by atoms with van der Waals surface area (Å²) in [5, 5.41) is 11.5. The van der Waals surface area contributed by atoms with E-state index in [2.05, 4.69) is 20.3 Å². The zero-order chi connectivity index (χ0) is 21.3. The second-order valence-corrected chi connectivity index (χ2v) is 6.70. The topological polar surface area (TPSA) is 106 Å². The maximum absolute atomic E-state index is 12.7. The summed E-state index contributed by atoms with van der Waals surface area (Å²) >= 11 is 0.